The zero-order valence-electron chi connectivity index (χ0n) is 17.1. The highest BCUT2D eigenvalue weighted by molar-refractivity contribution is 6.30. The number of aromatic nitrogens is 1. The van der Waals surface area contributed by atoms with Gasteiger partial charge in [0.15, 0.2) is 0 Å². The zero-order chi connectivity index (χ0) is 22.5. The topological polar surface area (TPSA) is 99.1 Å². The summed E-state index contributed by atoms with van der Waals surface area (Å²) in [6.45, 7) is 1.40. The second-order valence-electron chi connectivity index (χ2n) is 6.84. The van der Waals surface area contributed by atoms with Gasteiger partial charge in [-0.25, -0.2) is 0 Å². The van der Waals surface area contributed by atoms with Gasteiger partial charge in [0.1, 0.15) is 18.8 Å². The lowest BCUT2D eigenvalue weighted by Gasteiger charge is -2.16. The number of carbonyl (C=O) groups is 2. The van der Waals surface area contributed by atoms with E-state index in [4.69, 9.17) is 26.9 Å². The van der Waals surface area contributed by atoms with Crippen molar-refractivity contribution in [3.05, 3.63) is 64.3 Å². The Morgan fingerprint density at radius 2 is 1.74 bits per heavy atom. The summed E-state index contributed by atoms with van der Waals surface area (Å²) in [7, 11) is 1.54. The van der Waals surface area contributed by atoms with Gasteiger partial charge in [-0.2, -0.15) is 10.5 Å². The molecule has 2 aromatic carbocycles. The molecule has 1 amide bonds. The molecule has 1 heterocycles. The molecule has 0 saturated carbocycles. The molecule has 31 heavy (non-hydrogen) atoms. The van der Waals surface area contributed by atoms with Crippen LogP contribution in [0.25, 0.3) is 10.9 Å². The molecule has 0 radical (unpaired) electrons. The molecule has 0 fully saturated rings. The largest absolute Gasteiger partial charge is 0.497 e. The highest BCUT2D eigenvalue weighted by atomic mass is 35.5. The van der Waals surface area contributed by atoms with Crippen LogP contribution < -0.4 is 4.74 Å². The first-order valence-corrected chi connectivity index (χ1v) is 9.79. The van der Waals surface area contributed by atoms with Crippen molar-refractivity contribution in [1.29, 1.82) is 10.5 Å². The second-order valence-corrected chi connectivity index (χ2v) is 7.27. The summed E-state index contributed by atoms with van der Waals surface area (Å²) < 4.78 is 6.88. The van der Waals surface area contributed by atoms with Gasteiger partial charge in [-0.15, -0.1) is 0 Å². The fourth-order valence-corrected chi connectivity index (χ4v) is 3.59. The summed E-state index contributed by atoms with van der Waals surface area (Å²) in [6.07, 6.45) is -0.0558. The number of nitriles is 2. The molecule has 0 aliphatic heterocycles. The number of hydrogen-bond donors (Lipinski definition) is 0. The normalized spacial score (nSPS) is 10.4. The summed E-state index contributed by atoms with van der Waals surface area (Å²) in [4.78, 5) is 27.3. The van der Waals surface area contributed by atoms with E-state index in [1.165, 1.54) is 12.0 Å². The fraction of sp³-hybridized carbons (Fsp3) is 0.217. The standard InChI is InChI=1S/C23H19ClN4O3/c1-15-19(14-22(29)27(11-9-25)12-10-26)20-13-18(31-2)7-8-21(20)28(15)23(30)16-3-5-17(24)6-4-16/h3-8,13H,11-12,14H2,1-2H3. The number of halogens is 1. The van der Waals surface area contributed by atoms with Crippen molar-refractivity contribution in [2.75, 3.05) is 20.2 Å². The average molecular weight is 435 g/mol. The summed E-state index contributed by atoms with van der Waals surface area (Å²) in [5, 5.41) is 19.2. The Bertz CT molecular complexity index is 1220. The first-order chi connectivity index (χ1) is 14.9. The second kappa shape index (κ2) is 9.34. The first kappa shape index (κ1) is 21.9. The number of fused-ring (bicyclic) bond motifs is 1. The third-order valence-corrected chi connectivity index (χ3v) is 5.29. The lowest BCUT2D eigenvalue weighted by Crippen LogP contribution is -2.33. The van der Waals surface area contributed by atoms with Crippen LogP contribution in [-0.4, -0.2) is 41.5 Å². The van der Waals surface area contributed by atoms with Crippen LogP contribution in [0.5, 0.6) is 5.75 Å². The molecule has 0 spiro atoms. The Labute approximate surface area is 184 Å². The van der Waals surface area contributed by atoms with Crippen molar-refractivity contribution >= 4 is 34.3 Å². The van der Waals surface area contributed by atoms with E-state index in [1.807, 2.05) is 12.1 Å². The Morgan fingerprint density at radius 3 is 2.32 bits per heavy atom. The monoisotopic (exact) mass is 434 g/mol. The molecular formula is C23H19ClN4O3. The predicted octanol–water partition coefficient (Wildman–Crippen LogP) is 3.72. The number of rotatable bonds is 6. The summed E-state index contributed by atoms with van der Waals surface area (Å²) in [6, 6.07) is 15.7. The molecule has 3 rings (SSSR count). The van der Waals surface area contributed by atoms with Crippen molar-refractivity contribution in [3.63, 3.8) is 0 Å². The van der Waals surface area contributed by atoms with E-state index in [2.05, 4.69) is 0 Å². The maximum Gasteiger partial charge on any atom is 0.262 e. The molecular weight excluding hydrogens is 416 g/mol. The van der Waals surface area contributed by atoms with Crippen molar-refractivity contribution in [2.24, 2.45) is 0 Å². The van der Waals surface area contributed by atoms with Crippen LogP contribution in [0.3, 0.4) is 0 Å². The van der Waals surface area contributed by atoms with E-state index in [-0.39, 0.29) is 31.3 Å². The van der Waals surface area contributed by atoms with Crippen molar-refractivity contribution in [3.8, 4) is 17.9 Å². The molecule has 3 aromatic rings. The maximum absolute atomic E-state index is 13.3. The summed E-state index contributed by atoms with van der Waals surface area (Å²) in [5.74, 6) is -0.0378. The van der Waals surface area contributed by atoms with Gasteiger partial charge in [0.05, 0.1) is 31.2 Å². The lowest BCUT2D eigenvalue weighted by atomic mass is 10.1. The zero-order valence-corrected chi connectivity index (χ0v) is 17.8. The van der Waals surface area contributed by atoms with Crippen molar-refractivity contribution < 1.29 is 14.3 Å². The van der Waals surface area contributed by atoms with Gasteiger partial charge in [-0.1, -0.05) is 11.6 Å². The number of ether oxygens (including phenoxy) is 1. The third kappa shape index (κ3) is 4.37. The molecule has 1 aromatic heterocycles. The molecule has 156 valence electrons. The maximum atomic E-state index is 13.3. The van der Waals surface area contributed by atoms with Gasteiger partial charge >= 0.3 is 0 Å². The fourth-order valence-electron chi connectivity index (χ4n) is 3.46. The van der Waals surface area contributed by atoms with Crippen LogP contribution in [0.15, 0.2) is 42.5 Å². The highest BCUT2D eigenvalue weighted by Crippen LogP contribution is 2.31. The van der Waals surface area contributed by atoms with Gasteiger partial charge < -0.3 is 9.64 Å². The molecule has 0 aliphatic rings. The molecule has 0 N–H and O–H groups in total. The van der Waals surface area contributed by atoms with Crippen LogP contribution in [0.4, 0.5) is 0 Å². The first-order valence-electron chi connectivity index (χ1n) is 9.41. The Hall–Kier alpha value is -3.81. The van der Waals surface area contributed by atoms with Gasteiger partial charge in [-0.3, -0.25) is 14.2 Å². The third-order valence-electron chi connectivity index (χ3n) is 5.04. The SMILES string of the molecule is COc1ccc2c(c1)c(CC(=O)N(CC#N)CC#N)c(C)n2C(=O)c1ccc(Cl)cc1. The van der Waals surface area contributed by atoms with Gasteiger partial charge in [0, 0.05) is 21.7 Å². The number of carbonyl (C=O) groups excluding carboxylic acids is 2. The molecule has 0 unspecified atom stereocenters. The minimum absolute atomic E-state index is 0.0558. The molecule has 0 aliphatic carbocycles. The Balaban J connectivity index is 2.13. The Kier molecular flexibility index (Phi) is 6.59. The molecule has 0 atom stereocenters. The van der Waals surface area contributed by atoms with E-state index < -0.39 is 0 Å². The number of amides is 1. The van der Waals surface area contributed by atoms with Gasteiger partial charge in [-0.05, 0) is 55.0 Å². The number of nitrogens with zero attached hydrogens (tertiary/aromatic N) is 4. The average Bonchev–Trinajstić information content (AvgIpc) is 3.04. The van der Waals surface area contributed by atoms with Gasteiger partial charge in [0.2, 0.25) is 5.91 Å². The van der Waals surface area contributed by atoms with Crippen LogP contribution in [0.2, 0.25) is 5.02 Å². The minimum atomic E-state index is -0.369. The number of benzene rings is 2. The van der Waals surface area contributed by atoms with Crippen LogP contribution in [-0.2, 0) is 11.2 Å². The molecule has 0 bridgehead atoms. The molecule has 8 heteroatoms. The van der Waals surface area contributed by atoms with Gasteiger partial charge in [0.25, 0.3) is 5.91 Å². The van der Waals surface area contributed by atoms with Crippen molar-refractivity contribution in [1.82, 2.24) is 9.47 Å². The van der Waals surface area contributed by atoms with Crippen molar-refractivity contribution in [2.45, 2.75) is 13.3 Å². The van der Waals surface area contributed by atoms with E-state index in [0.717, 1.165) is 0 Å². The number of methoxy groups -OCH3 is 1. The molecule has 0 saturated heterocycles. The van der Waals surface area contributed by atoms with Crippen LogP contribution in [0, 0.1) is 29.6 Å². The van der Waals surface area contributed by atoms with E-state index in [1.54, 1.807) is 54.0 Å². The summed E-state index contributed by atoms with van der Waals surface area (Å²) >= 11 is 5.94. The predicted molar refractivity (Wildman–Crippen MR) is 116 cm³/mol. The van der Waals surface area contributed by atoms with E-state index in [9.17, 15) is 9.59 Å². The quantitative estimate of drug-likeness (QED) is 0.550. The van der Waals surface area contributed by atoms with Crippen LogP contribution >= 0.6 is 11.6 Å². The number of hydrogen-bond acceptors (Lipinski definition) is 5. The highest BCUT2D eigenvalue weighted by Gasteiger charge is 2.23. The minimum Gasteiger partial charge on any atom is -0.497 e. The molecule has 7 nitrogen and oxygen atoms in total. The Morgan fingerprint density at radius 1 is 1.10 bits per heavy atom. The van der Waals surface area contributed by atoms with Crippen LogP contribution in [0.1, 0.15) is 21.6 Å². The lowest BCUT2D eigenvalue weighted by molar-refractivity contribution is -0.129. The van der Waals surface area contributed by atoms with E-state index in [0.29, 0.717) is 38.5 Å². The summed E-state index contributed by atoms with van der Waals surface area (Å²) in [5.41, 5.74) is 2.33. The smallest absolute Gasteiger partial charge is 0.262 e. The van der Waals surface area contributed by atoms with E-state index >= 15 is 0 Å².